The zero-order valence-corrected chi connectivity index (χ0v) is 12.2. The molecule has 2 nitrogen and oxygen atoms in total. The van der Waals surface area contributed by atoms with Crippen molar-refractivity contribution >= 4 is 26.6 Å². The van der Waals surface area contributed by atoms with Gasteiger partial charge < -0.3 is 4.43 Å². The molecule has 0 aromatic heterocycles. The number of rotatable bonds is 7. The summed E-state index contributed by atoms with van der Waals surface area (Å²) in [6, 6.07) is 0. The highest BCUT2D eigenvalue weighted by atomic mass is 35.5. The van der Waals surface area contributed by atoms with E-state index in [1.54, 1.807) is 0 Å². The number of hydrogen-bond donors (Lipinski definition) is 0. The smallest absolute Gasteiger partial charge is 0.292 e. The topological polar surface area (TPSA) is 26.3 Å². The average Bonchev–Trinajstić information content (AvgIpc) is 2.13. The summed E-state index contributed by atoms with van der Waals surface area (Å²) in [6.45, 7) is 8.57. The molecule has 0 rings (SSSR count). The molecule has 0 saturated heterocycles. The maximum atomic E-state index is 11.5. The van der Waals surface area contributed by atoms with E-state index in [0.29, 0.717) is 23.4 Å². The number of carbonyl (C=O) groups is 1. The summed E-state index contributed by atoms with van der Waals surface area (Å²) in [5.41, 5.74) is 1.03. The van der Waals surface area contributed by atoms with Crippen LogP contribution < -0.4 is 0 Å². The average molecular weight is 251 g/mol. The van der Waals surface area contributed by atoms with E-state index < -0.39 is 9.04 Å². The fourth-order valence-electron chi connectivity index (χ4n) is 1.62. The van der Waals surface area contributed by atoms with Gasteiger partial charge in [-0.2, -0.15) is 0 Å². The van der Waals surface area contributed by atoms with Crippen LogP contribution in [-0.4, -0.2) is 20.9 Å². The second-order valence-corrected chi connectivity index (χ2v) is 8.80. The number of alkyl halides is 1. The third kappa shape index (κ3) is 6.96. The number of unbranched alkanes of at least 4 members (excludes halogenated alkanes) is 1. The third-order valence-corrected chi connectivity index (χ3v) is 5.78. The van der Waals surface area contributed by atoms with Crippen molar-refractivity contribution < 1.29 is 9.22 Å². The van der Waals surface area contributed by atoms with Gasteiger partial charge in [-0.3, -0.25) is 4.79 Å². The van der Waals surface area contributed by atoms with Crippen LogP contribution in [0.25, 0.3) is 0 Å². The first kappa shape index (κ1) is 15.0. The molecular weight excluding hydrogens is 228 g/mol. The monoisotopic (exact) mass is 250 g/mol. The number of carbonyl (C=O) groups excluding carboxylic acids is 1. The summed E-state index contributed by atoms with van der Waals surface area (Å²) < 4.78 is 5.58. The van der Waals surface area contributed by atoms with Gasteiger partial charge in [0, 0.05) is 12.3 Å². The Morgan fingerprint density at radius 1 is 1.20 bits per heavy atom. The van der Waals surface area contributed by atoms with Crippen molar-refractivity contribution in [3.05, 3.63) is 0 Å². The molecule has 90 valence electrons. The lowest BCUT2D eigenvalue weighted by Crippen LogP contribution is -2.28. The van der Waals surface area contributed by atoms with E-state index in [-0.39, 0.29) is 5.97 Å². The van der Waals surface area contributed by atoms with Gasteiger partial charge in [0.2, 0.25) is 9.04 Å². The highest BCUT2D eigenvalue weighted by Gasteiger charge is 2.24. The van der Waals surface area contributed by atoms with E-state index in [1.807, 2.05) is 0 Å². The second kappa shape index (κ2) is 8.17. The predicted octanol–water partition coefficient (Wildman–Crippen LogP) is 3.48. The molecule has 0 spiro atoms. The van der Waals surface area contributed by atoms with E-state index in [9.17, 15) is 4.79 Å². The zero-order valence-electron chi connectivity index (χ0n) is 10.3. The largest absolute Gasteiger partial charge is 0.521 e. The van der Waals surface area contributed by atoms with Gasteiger partial charge in [-0.15, -0.1) is 11.6 Å². The Hall–Kier alpha value is -0.0231. The lowest BCUT2D eigenvalue weighted by Gasteiger charge is -2.22. The maximum Gasteiger partial charge on any atom is 0.292 e. The van der Waals surface area contributed by atoms with Gasteiger partial charge in [-0.05, 0) is 23.9 Å². The first-order valence-corrected chi connectivity index (χ1v) is 8.08. The van der Waals surface area contributed by atoms with Crippen molar-refractivity contribution in [1.29, 1.82) is 0 Å². The van der Waals surface area contributed by atoms with Crippen LogP contribution in [0.1, 0.15) is 47.0 Å². The quantitative estimate of drug-likeness (QED) is 0.393. The van der Waals surface area contributed by atoms with Crippen molar-refractivity contribution in [2.24, 2.45) is 0 Å². The Kier molecular flexibility index (Phi) is 8.15. The molecule has 0 saturated carbocycles. The summed E-state index contributed by atoms with van der Waals surface area (Å²) in [4.78, 5) is 11.5. The van der Waals surface area contributed by atoms with Crippen molar-refractivity contribution in [3.8, 4) is 0 Å². The van der Waals surface area contributed by atoms with E-state index >= 15 is 0 Å². The van der Waals surface area contributed by atoms with Crippen LogP contribution in [0.3, 0.4) is 0 Å². The molecule has 0 aliphatic carbocycles. The molecular formula is C11H23ClO2Si. The molecule has 0 N–H and O–H groups in total. The molecule has 0 radical (unpaired) electrons. The van der Waals surface area contributed by atoms with Crippen LogP contribution >= 0.6 is 11.6 Å². The first-order chi connectivity index (χ1) is 6.99. The predicted molar refractivity (Wildman–Crippen MR) is 68.0 cm³/mol. The lowest BCUT2D eigenvalue weighted by atomic mass is 10.3. The fourth-order valence-corrected chi connectivity index (χ4v) is 4.31. The molecule has 0 unspecified atom stereocenters. The van der Waals surface area contributed by atoms with Crippen LogP contribution in [0.5, 0.6) is 0 Å². The summed E-state index contributed by atoms with van der Waals surface area (Å²) in [5, 5.41) is 0. The zero-order chi connectivity index (χ0) is 11.8. The molecule has 0 aromatic rings. The van der Waals surface area contributed by atoms with Crippen molar-refractivity contribution in [1.82, 2.24) is 0 Å². The lowest BCUT2D eigenvalue weighted by molar-refractivity contribution is -0.135. The minimum Gasteiger partial charge on any atom is -0.521 e. The van der Waals surface area contributed by atoms with Gasteiger partial charge in [0.1, 0.15) is 0 Å². The molecule has 0 atom stereocenters. The Labute approximate surface area is 100 Å². The van der Waals surface area contributed by atoms with E-state index in [1.165, 1.54) is 0 Å². The molecule has 0 bridgehead atoms. The van der Waals surface area contributed by atoms with Gasteiger partial charge in [-0.1, -0.05) is 27.7 Å². The Bertz CT molecular complexity index is 175. The van der Waals surface area contributed by atoms with Crippen molar-refractivity contribution in [2.45, 2.75) is 58.0 Å². The number of hydrogen-bond acceptors (Lipinski definition) is 2. The molecule has 0 heterocycles. The highest BCUT2D eigenvalue weighted by Crippen LogP contribution is 2.21. The minimum absolute atomic E-state index is 0.0285. The molecule has 0 aliphatic rings. The molecule has 4 heteroatoms. The van der Waals surface area contributed by atoms with Crippen molar-refractivity contribution in [3.63, 3.8) is 0 Å². The normalized spacial score (nSPS) is 11.5. The highest BCUT2D eigenvalue weighted by molar-refractivity contribution is 6.56. The summed E-state index contributed by atoms with van der Waals surface area (Å²) in [5.74, 6) is 0.599. The SMILES string of the molecule is CC(C)[SiH](OC(=O)CCCCCl)C(C)C. The van der Waals surface area contributed by atoms with E-state index in [2.05, 4.69) is 27.7 Å². The maximum absolute atomic E-state index is 11.5. The first-order valence-electron chi connectivity index (χ1n) is 5.74. The van der Waals surface area contributed by atoms with Crippen LogP contribution in [0, 0.1) is 0 Å². The molecule has 0 aliphatic heterocycles. The molecule has 0 aromatic carbocycles. The Morgan fingerprint density at radius 2 is 1.73 bits per heavy atom. The van der Waals surface area contributed by atoms with Gasteiger partial charge in [-0.25, -0.2) is 0 Å². The fraction of sp³-hybridized carbons (Fsp3) is 0.909. The molecule has 0 amide bonds. The third-order valence-electron chi connectivity index (χ3n) is 2.35. The summed E-state index contributed by atoms with van der Waals surface area (Å²) in [7, 11) is -1.37. The standard InChI is InChI=1S/C11H23ClO2Si/c1-9(2)15(10(3)4)14-11(13)7-5-6-8-12/h9-10,15H,5-8H2,1-4H3. The second-order valence-electron chi connectivity index (χ2n) is 4.59. The van der Waals surface area contributed by atoms with Crippen LogP contribution in [0.4, 0.5) is 0 Å². The van der Waals surface area contributed by atoms with Gasteiger partial charge in [0.15, 0.2) is 0 Å². The van der Waals surface area contributed by atoms with Gasteiger partial charge >= 0.3 is 0 Å². The molecule has 0 fully saturated rings. The van der Waals surface area contributed by atoms with Gasteiger partial charge in [0.05, 0.1) is 0 Å². The van der Waals surface area contributed by atoms with Crippen LogP contribution in [0.2, 0.25) is 11.1 Å². The van der Waals surface area contributed by atoms with Crippen molar-refractivity contribution in [2.75, 3.05) is 5.88 Å². The van der Waals surface area contributed by atoms with E-state index in [0.717, 1.165) is 12.8 Å². The van der Waals surface area contributed by atoms with E-state index in [4.69, 9.17) is 16.0 Å². The van der Waals surface area contributed by atoms with Crippen LogP contribution in [-0.2, 0) is 9.22 Å². The number of halogens is 1. The summed E-state index contributed by atoms with van der Waals surface area (Å²) >= 11 is 5.55. The Balaban J connectivity index is 3.90. The van der Waals surface area contributed by atoms with Gasteiger partial charge in [0.25, 0.3) is 5.97 Å². The minimum atomic E-state index is -1.37. The van der Waals surface area contributed by atoms with Crippen LogP contribution in [0.15, 0.2) is 0 Å². The Morgan fingerprint density at radius 3 is 2.13 bits per heavy atom. The summed E-state index contributed by atoms with van der Waals surface area (Å²) in [6.07, 6.45) is 2.27. The molecule has 15 heavy (non-hydrogen) atoms.